The van der Waals surface area contributed by atoms with Gasteiger partial charge in [-0.05, 0) is 17.7 Å². The van der Waals surface area contributed by atoms with Gasteiger partial charge in [0, 0.05) is 4.92 Å². The minimum absolute atomic E-state index is 0.0904. The van der Waals surface area contributed by atoms with E-state index in [9.17, 15) is 18.5 Å². The second-order valence-electron chi connectivity index (χ2n) is 4.55. The highest BCUT2D eigenvalue weighted by atomic mass is 32.2. The molecular weight excluding hydrogens is 320 g/mol. The molecule has 0 fully saturated rings. The smallest absolute Gasteiger partial charge is 0.352 e. The molecule has 2 aromatic rings. The van der Waals surface area contributed by atoms with E-state index >= 15 is 0 Å². The first-order chi connectivity index (χ1) is 11.0. The van der Waals surface area contributed by atoms with Crippen molar-refractivity contribution >= 4 is 16.1 Å². The number of rotatable bonds is 7. The van der Waals surface area contributed by atoms with Gasteiger partial charge in [0.2, 0.25) is 0 Å². The maximum Gasteiger partial charge on any atom is 0.352 e. The molecule has 2 rings (SSSR count). The van der Waals surface area contributed by atoms with E-state index in [1.807, 2.05) is 18.2 Å². The minimum atomic E-state index is -4.17. The van der Waals surface area contributed by atoms with E-state index < -0.39 is 20.1 Å². The molecule has 1 unspecified atom stereocenters. The Morgan fingerprint density at radius 3 is 2.22 bits per heavy atom. The molecule has 0 N–H and O–H groups in total. The average Bonchev–Trinajstić information content (AvgIpc) is 2.56. The zero-order chi connectivity index (χ0) is 16.7. The fourth-order valence-electron chi connectivity index (χ4n) is 1.78. The quantitative estimate of drug-likeness (QED) is 0.439. The van der Waals surface area contributed by atoms with Crippen molar-refractivity contribution in [1.82, 2.24) is 0 Å². The van der Waals surface area contributed by atoms with Crippen molar-refractivity contribution in [2.24, 2.45) is 5.16 Å². The van der Waals surface area contributed by atoms with Crippen LogP contribution in [0, 0.1) is 10.1 Å². The van der Waals surface area contributed by atoms with Crippen molar-refractivity contribution in [3.8, 4) is 0 Å². The van der Waals surface area contributed by atoms with E-state index in [0.717, 1.165) is 5.56 Å². The first kappa shape index (κ1) is 16.6. The van der Waals surface area contributed by atoms with E-state index in [1.54, 1.807) is 18.2 Å². The Morgan fingerprint density at radius 1 is 1.09 bits per heavy atom. The number of hydrogen-bond acceptors (Lipinski definition) is 6. The van der Waals surface area contributed by atoms with E-state index in [1.165, 1.54) is 24.3 Å². The third kappa shape index (κ3) is 4.36. The molecule has 1 atom stereocenters. The van der Waals surface area contributed by atoms with Crippen molar-refractivity contribution in [3.63, 3.8) is 0 Å². The highest BCUT2D eigenvalue weighted by Crippen LogP contribution is 2.15. The zero-order valence-corrected chi connectivity index (χ0v) is 12.8. The molecule has 0 aliphatic heterocycles. The van der Waals surface area contributed by atoms with Gasteiger partial charge in [0.1, 0.15) is 12.8 Å². The maximum absolute atomic E-state index is 12.2. The number of benzene rings is 2. The molecule has 0 radical (unpaired) electrons. The molecule has 0 amide bonds. The number of hydrogen-bond donors (Lipinski definition) is 0. The molecule has 120 valence electrons. The van der Waals surface area contributed by atoms with Crippen LogP contribution < -0.4 is 0 Å². The summed E-state index contributed by atoms with van der Waals surface area (Å²) in [6.45, 7) is 0.0904. The SMILES string of the molecule is O=[N+]([O-])C(/C=N/OCc1ccccc1)S(=O)(=O)c1ccccc1. The minimum Gasteiger partial charge on any atom is -0.391 e. The van der Waals surface area contributed by atoms with Crippen LogP contribution in [-0.2, 0) is 21.3 Å². The molecule has 0 spiro atoms. The van der Waals surface area contributed by atoms with E-state index in [2.05, 4.69) is 5.16 Å². The lowest BCUT2D eigenvalue weighted by atomic mass is 10.2. The van der Waals surface area contributed by atoms with Crippen molar-refractivity contribution < 1.29 is 18.2 Å². The van der Waals surface area contributed by atoms with Gasteiger partial charge < -0.3 is 4.84 Å². The first-order valence-corrected chi connectivity index (χ1v) is 8.18. The Bertz CT molecular complexity index is 776. The van der Waals surface area contributed by atoms with Gasteiger partial charge in [-0.25, -0.2) is 8.42 Å². The van der Waals surface area contributed by atoms with Gasteiger partial charge in [-0.1, -0.05) is 53.7 Å². The third-order valence-electron chi connectivity index (χ3n) is 2.93. The Hall–Kier alpha value is -2.74. The average molecular weight is 334 g/mol. The summed E-state index contributed by atoms with van der Waals surface area (Å²) in [5, 5.41) is 12.5. The molecule has 7 nitrogen and oxygen atoms in total. The summed E-state index contributed by atoms with van der Waals surface area (Å²) in [6.07, 6.45) is 0.686. The Labute approximate surface area is 133 Å². The van der Waals surface area contributed by atoms with Crippen LogP contribution in [0.4, 0.5) is 0 Å². The standard InChI is InChI=1S/C15H14N2O5S/c18-17(19)15(23(20,21)14-9-5-2-6-10-14)11-16-22-12-13-7-3-1-4-8-13/h1-11,15H,12H2/b16-11+. The van der Waals surface area contributed by atoms with E-state index in [4.69, 9.17) is 4.84 Å². The van der Waals surface area contributed by atoms with Gasteiger partial charge in [-0.3, -0.25) is 10.1 Å². The summed E-state index contributed by atoms with van der Waals surface area (Å²) in [6, 6.07) is 16.2. The molecule has 0 heterocycles. The van der Waals surface area contributed by atoms with Crippen LogP contribution in [-0.4, -0.2) is 24.9 Å². The predicted molar refractivity (Wildman–Crippen MR) is 84.1 cm³/mol. The van der Waals surface area contributed by atoms with Gasteiger partial charge in [0.05, 0.1) is 4.90 Å². The Kier molecular flexibility index (Phi) is 5.42. The molecular formula is C15H14N2O5S. The summed E-state index contributed by atoms with van der Waals surface area (Å²) >= 11 is 0. The summed E-state index contributed by atoms with van der Waals surface area (Å²) < 4.78 is 24.5. The molecule has 8 heteroatoms. The molecule has 2 aromatic carbocycles. The molecule has 0 aromatic heterocycles. The molecule has 0 saturated carbocycles. The van der Waals surface area contributed by atoms with Crippen molar-refractivity contribution in [1.29, 1.82) is 0 Å². The van der Waals surface area contributed by atoms with Crippen molar-refractivity contribution in [2.45, 2.75) is 16.9 Å². The van der Waals surface area contributed by atoms with Crippen LogP contribution >= 0.6 is 0 Å². The molecule has 0 aliphatic carbocycles. The van der Waals surface area contributed by atoms with Gasteiger partial charge in [-0.2, -0.15) is 0 Å². The number of nitrogens with zero attached hydrogens (tertiary/aromatic N) is 2. The summed E-state index contributed by atoms with van der Waals surface area (Å²) in [4.78, 5) is 14.9. The Morgan fingerprint density at radius 2 is 1.65 bits per heavy atom. The van der Waals surface area contributed by atoms with Crippen molar-refractivity contribution in [3.05, 3.63) is 76.3 Å². The number of oxime groups is 1. The second kappa shape index (κ2) is 7.50. The number of nitro groups is 1. The fraction of sp³-hybridized carbons (Fsp3) is 0.133. The van der Waals surface area contributed by atoms with Crippen LogP contribution in [0.2, 0.25) is 0 Å². The Balaban J connectivity index is 2.10. The topological polar surface area (TPSA) is 98.9 Å². The fourth-order valence-corrected chi connectivity index (χ4v) is 3.03. The van der Waals surface area contributed by atoms with Crippen LogP contribution in [0.25, 0.3) is 0 Å². The summed E-state index contributed by atoms with van der Waals surface area (Å²) in [5.41, 5.74) is 0.813. The lowest BCUT2D eigenvalue weighted by molar-refractivity contribution is -0.478. The first-order valence-electron chi connectivity index (χ1n) is 6.63. The highest BCUT2D eigenvalue weighted by molar-refractivity contribution is 7.92. The zero-order valence-electron chi connectivity index (χ0n) is 12.0. The molecule has 0 aliphatic rings. The van der Waals surface area contributed by atoms with Crippen LogP contribution in [0.1, 0.15) is 5.56 Å². The van der Waals surface area contributed by atoms with E-state index in [-0.39, 0.29) is 11.5 Å². The van der Waals surface area contributed by atoms with Gasteiger partial charge >= 0.3 is 5.37 Å². The lowest BCUT2D eigenvalue weighted by Gasteiger charge is -2.06. The van der Waals surface area contributed by atoms with Gasteiger partial charge in [0.15, 0.2) is 0 Å². The van der Waals surface area contributed by atoms with Crippen LogP contribution in [0.3, 0.4) is 0 Å². The van der Waals surface area contributed by atoms with Crippen LogP contribution in [0.5, 0.6) is 0 Å². The molecule has 0 bridgehead atoms. The second-order valence-corrected chi connectivity index (χ2v) is 6.59. The molecule has 0 saturated heterocycles. The molecule has 23 heavy (non-hydrogen) atoms. The van der Waals surface area contributed by atoms with Gasteiger partial charge in [-0.15, -0.1) is 0 Å². The van der Waals surface area contributed by atoms with Crippen molar-refractivity contribution in [2.75, 3.05) is 0 Å². The van der Waals surface area contributed by atoms with Gasteiger partial charge in [0.25, 0.3) is 9.84 Å². The summed E-state index contributed by atoms with van der Waals surface area (Å²) in [5.74, 6) is 0. The maximum atomic E-state index is 12.2. The highest BCUT2D eigenvalue weighted by Gasteiger charge is 2.36. The normalized spacial score (nSPS) is 12.9. The largest absolute Gasteiger partial charge is 0.391 e. The third-order valence-corrected chi connectivity index (χ3v) is 4.79. The number of sulfone groups is 1. The summed E-state index contributed by atoms with van der Waals surface area (Å²) in [7, 11) is -4.17. The predicted octanol–water partition coefficient (Wildman–Crippen LogP) is 2.27. The van der Waals surface area contributed by atoms with Crippen LogP contribution in [0.15, 0.2) is 70.7 Å². The monoisotopic (exact) mass is 334 g/mol. The lowest BCUT2D eigenvalue weighted by Crippen LogP contribution is -2.31. The van der Waals surface area contributed by atoms with E-state index in [0.29, 0.717) is 6.21 Å².